The summed E-state index contributed by atoms with van der Waals surface area (Å²) in [5.74, 6) is 0.799. The lowest BCUT2D eigenvalue weighted by Gasteiger charge is -2.35. The Balaban J connectivity index is 2.21. The molecule has 0 radical (unpaired) electrons. The third kappa shape index (κ3) is 6.21. The average molecular weight is 272 g/mol. The van der Waals surface area contributed by atoms with Gasteiger partial charge in [0.15, 0.2) is 0 Å². The van der Waals surface area contributed by atoms with Crippen molar-refractivity contribution in [1.29, 1.82) is 0 Å². The third-order valence-corrected chi connectivity index (χ3v) is 4.23. The number of ether oxygens (including phenoxy) is 2. The van der Waals surface area contributed by atoms with Crippen molar-refractivity contribution in [3.8, 4) is 0 Å². The van der Waals surface area contributed by atoms with Crippen LogP contribution in [0.1, 0.15) is 33.1 Å². The molecular weight excluding hydrogens is 240 g/mol. The number of methoxy groups -OCH3 is 2. The van der Waals surface area contributed by atoms with Gasteiger partial charge in [-0.2, -0.15) is 0 Å². The van der Waals surface area contributed by atoms with Crippen molar-refractivity contribution in [2.24, 2.45) is 5.92 Å². The molecule has 1 heterocycles. The van der Waals surface area contributed by atoms with Crippen molar-refractivity contribution in [2.75, 3.05) is 47.0 Å². The van der Waals surface area contributed by atoms with E-state index in [1.54, 1.807) is 14.2 Å². The van der Waals surface area contributed by atoms with Crippen LogP contribution in [0.5, 0.6) is 0 Å². The zero-order valence-corrected chi connectivity index (χ0v) is 13.2. The Morgan fingerprint density at radius 2 is 1.95 bits per heavy atom. The van der Waals surface area contributed by atoms with Crippen LogP contribution in [-0.4, -0.2) is 64.1 Å². The molecule has 4 nitrogen and oxygen atoms in total. The van der Waals surface area contributed by atoms with Gasteiger partial charge in [0.1, 0.15) is 0 Å². The van der Waals surface area contributed by atoms with E-state index >= 15 is 0 Å². The van der Waals surface area contributed by atoms with Gasteiger partial charge in [0.05, 0.1) is 12.7 Å². The van der Waals surface area contributed by atoms with Crippen LogP contribution >= 0.6 is 0 Å². The summed E-state index contributed by atoms with van der Waals surface area (Å²) in [6.45, 7) is 9.88. The van der Waals surface area contributed by atoms with E-state index in [2.05, 4.69) is 24.1 Å². The number of piperidine rings is 1. The molecule has 114 valence electrons. The molecule has 1 fully saturated rings. The van der Waals surface area contributed by atoms with E-state index in [1.807, 2.05) is 0 Å². The van der Waals surface area contributed by atoms with E-state index < -0.39 is 0 Å². The lowest BCUT2D eigenvalue weighted by molar-refractivity contribution is 0.0255. The first-order valence-electron chi connectivity index (χ1n) is 7.68. The number of nitrogens with zero attached hydrogens (tertiary/aromatic N) is 1. The molecule has 1 saturated heterocycles. The maximum absolute atomic E-state index is 5.38. The quantitative estimate of drug-likeness (QED) is 0.693. The molecule has 0 aromatic rings. The molecule has 0 saturated carbocycles. The second kappa shape index (κ2) is 9.70. The third-order valence-electron chi connectivity index (χ3n) is 4.23. The fourth-order valence-corrected chi connectivity index (χ4v) is 2.87. The first kappa shape index (κ1) is 16.9. The van der Waals surface area contributed by atoms with Gasteiger partial charge < -0.3 is 19.7 Å². The SMILES string of the molecule is CCCN1CCC(C(C)NCC(COC)OC)CC1. The summed E-state index contributed by atoms with van der Waals surface area (Å²) in [5, 5.41) is 3.61. The smallest absolute Gasteiger partial charge is 0.0928 e. The van der Waals surface area contributed by atoms with Crippen molar-refractivity contribution in [1.82, 2.24) is 10.2 Å². The Hall–Kier alpha value is -0.160. The van der Waals surface area contributed by atoms with E-state index in [0.29, 0.717) is 12.6 Å². The monoisotopic (exact) mass is 272 g/mol. The molecule has 1 aliphatic rings. The van der Waals surface area contributed by atoms with Gasteiger partial charge >= 0.3 is 0 Å². The summed E-state index contributed by atoms with van der Waals surface area (Å²) in [4.78, 5) is 2.59. The van der Waals surface area contributed by atoms with E-state index in [4.69, 9.17) is 9.47 Å². The Labute approximate surface area is 118 Å². The van der Waals surface area contributed by atoms with Crippen molar-refractivity contribution in [2.45, 2.75) is 45.3 Å². The maximum atomic E-state index is 5.38. The van der Waals surface area contributed by atoms with Gasteiger partial charge in [-0.1, -0.05) is 6.92 Å². The standard InChI is InChI=1S/C15H32N2O2/c1-5-8-17-9-6-14(7-10-17)13(2)16-11-15(19-4)12-18-3/h13-16H,5-12H2,1-4H3. The highest BCUT2D eigenvalue weighted by atomic mass is 16.5. The summed E-state index contributed by atoms with van der Waals surface area (Å²) in [5.41, 5.74) is 0. The number of nitrogens with one attached hydrogen (secondary N) is 1. The normalized spacial score (nSPS) is 21.5. The molecule has 0 aromatic heterocycles. The molecule has 0 spiro atoms. The van der Waals surface area contributed by atoms with Gasteiger partial charge in [0, 0.05) is 26.8 Å². The molecule has 1 rings (SSSR count). The first-order valence-corrected chi connectivity index (χ1v) is 7.68. The molecule has 4 heteroatoms. The predicted molar refractivity (Wildman–Crippen MR) is 79.6 cm³/mol. The van der Waals surface area contributed by atoms with E-state index in [1.165, 1.54) is 38.9 Å². The number of hydrogen-bond donors (Lipinski definition) is 1. The van der Waals surface area contributed by atoms with E-state index in [-0.39, 0.29) is 6.10 Å². The van der Waals surface area contributed by atoms with Crippen LogP contribution in [0.4, 0.5) is 0 Å². The number of rotatable bonds is 9. The van der Waals surface area contributed by atoms with Gasteiger partial charge in [-0.3, -0.25) is 0 Å². The van der Waals surface area contributed by atoms with Crippen molar-refractivity contribution in [3.05, 3.63) is 0 Å². The molecular formula is C15H32N2O2. The fraction of sp³-hybridized carbons (Fsp3) is 1.00. The van der Waals surface area contributed by atoms with Crippen LogP contribution in [-0.2, 0) is 9.47 Å². The highest BCUT2D eigenvalue weighted by Crippen LogP contribution is 2.20. The molecule has 1 aliphatic heterocycles. The van der Waals surface area contributed by atoms with Gasteiger partial charge in [0.25, 0.3) is 0 Å². The van der Waals surface area contributed by atoms with Gasteiger partial charge in [-0.25, -0.2) is 0 Å². The second-order valence-corrected chi connectivity index (χ2v) is 5.69. The van der Waals surface area contributed by atoms with Gasteiger partial charge in [0.2, 0.25) is 0 Å². The molecule has 0 aromatic carbocycles. The highest BCUT2D eigenvalue weighted by molar-refractivity contribution is 4.80. The Bertz CT molecular complexity index is 218. The first-order chi connectivity index (χ1) is 9.21. The molecule has 19 heavy (non-hydrogen) atoms. The lowest BCUT2D eigenvalue weighted by atomic mass is 9.90. The van der Waals surface area contributed by atoms with Crippen LogP contribution in [0.2, 0.25) is 0 Å². The van der Waals surface area contributed by atoms with Crippen molar-refractivity contribution >= 4 is 0 Å². The molecule has 0 aliphatic carbocycles. The molecule has 0 amide bonds. The van der Waals surface area contributed by atoms with Crippen molar-refractivity contribution < 1.29 is 9.47 Å². The average Bonchev–Trinajstić information content (AvgIpc) is 2.44. The fourth-order valence-electron chi connectivity index (χ4n) is 2.87. The summed E-state index contributed by atoms with van der Waals surface area (Å²) in [6, 6.07) is 0.568. The zero-order chi connectivity index (χ0) is 14.1. The minimum absolute atomic E-state index is 0.160. The summed E-state index contributed by atoms with van der Waals surface area (Å²) in [7, 11) is 3.47. The summed E-state index contributed by atoms with van der Waals surface area (Å²) in [6.07, 6.45) is 4.06. The Kier molecular flexibility index (Phi) is 8.62. The van der Waals surface area contributed by atoms with E-state index in [9.17, 15) is 0 Å². The lowest BCUT2D eigenvalue weighted by Crippen LogP contribution is -2.44. The summed E-state index contributed by atoms with van der Waals surface area (Å²) < 4.78 is 10.5. The minimum atomic E-state index is 0.160. The predicted octanol–water partition coefficient (Wildman–Crippen LogP) is 1.75. The number of hydrogen-bond acceptors (Lipinski definition) is 4. The van der Waals surface area contributed by atoms with E-state index in [0.717, 1.165) is 12.5 Å². The van der Waals surface area contributed by atoms with Crippen LogP contribution in [0.15, 0.2) is 0 Å². The van der Waals surface area contributed by atoms with Crippen LogP contribution in [0.3, 0.4) is 0 Å². The Morgan fingerprint density at radius 1 is 1.26 bits per heavy atom. The van der Waals surface area contributed by atoms with Crippen LogP contribution in [0.25, 0.3) is 0 Å². The van der Waals surface area contributed by atoms with Crippen molar-refractivity contribution in [3.63, 3.8) is 0 Å². The molecule has 2 atom stereocenters. The molecule has 0 bridgehead atoms. The van der Waals surface area contributed by atoms with Crippen LogP contribution < -0.4 is 5.32 Å². The number of likely N-dealkylation sites (tertiary alicyclic amines) is 1. The summed E-state index contributed by atoms with van der Waals surface area (Å²) >= 11 is 0. The topological polar surface area (TPSA) is 33.7 Å². The highest BCUT2D eigenvalue weighted by Gasteiger charge is 2.23. The molecule has 1 N–H and O–H groups in total. The van der Waals surface area contributed by atoms with Gasteiger partial charge in [-0.15, -0.1) is 0 Å². The zero-order valence-electron chi connectivity index (χ0n) is 13.2. The second-order valence-electron chi connectivity index (χ2n) is 5.69. The van der Waals surface area contributed by atoms with Gasteiger partial charge in [-0.05, 0) is 51.7 Å². The molecule has 2 unspecified atom stereocenters. The minimum Gasteiger partial charge on any atom is -0.382 e. The largest absolute Gasteiger partial charge is 0.382 e. The van der Waals surface area contributed by atoms with Crippen LogP contribution in [0, 0.1) is 5.92 Å². The Morgan fingerprint density at radius 3 is 2.47 bits per heavy atom. The maximum Gasteiger partial charge on any atom is 0.0928 e.